The van der Waals surface area contributed by atoms with E-state index in [1.807, 2.05) is 57.2 Å². The molecule has 212 valence electrons. The largest absolute Gasteiger partial charge is 0.493 e. The molecular formula is C31H36N2O6S. The van der Waals surface area contributed by atoms with Crippen molar-refractivity contribution < 1.29 is 23.7 Å². The molecule has 2 atom stereocenters. The van der Waals surface area contributed by atoms with Crippen LogP contribution in [0.4, 0.5) is 0 Å². The Bertz CT molecular complexity index is 1580. The first-order chi connectivity index (χ1) is 19.2. The summed E-state index contributed by atoms with van der Waals surface area (Å²) in [7, 11) is 1.56. The Balaban J connectivity index is 1.85. The van der Waals surface area contributed by atoms with Gasteiger partial charge in [-0.2, -0.15) is 0 Å². The number of hydrogen-bond acceptors (Lipinski definition) is 8. The third kappa shape index (κ3) is 6.14. The lowest BCUT2D eigenvalue weighted by atomic mass is 9.95. The van der Waals surface area contributed by atoms with Crippen molar-refractivity contribution in [2.45, 2.75) is 66.2 Å². The molecular weight excluding hydrogens is 528 g/mol. The van der Waals surface area contributed by atoms with E-state index in [0.29, 0.717) is 37.7 Å². The van der Waals surface area contributed by atoms with Crippen LogP contribution in [0.5, 0.6) is 17.2 Å². The van der Waals surface area contributed by atoms with E-state index >= 15 is 0 Å². The highest BCUT2D eigenvalue weighted by Crippen LogP contribution is 2.36. The van der Waals surface area contributed by atoms with Gasteiger partial charge in [0.1, 0.15) is 5.75 Å². The number of aromatic nitrogens is 1. The molecule has 0 amide bonds. The van der Waals surface area contributed by atoms with Crippen molar-refractivity contribution >= 4 is 23.4 Å². The molecule has 2 aromatic carbocycles. The van der Waals surface area contributed by atoms with Gasteiger partial charge in [0.15, 0.2) is 16.3 Å². The number of fused-ring (bicyclic) bond motifs is 1. The van der Waals surface area contributed by atoms with Crippen molar-refractivity contribution in [1.29, 1.82) is 0 Å². The Morgan fingerprint density at radius 2 is 1.80 bits per heavy atom. The number of hydrogen-bond donors (Lipinski definition) is 0. The minimum absolute atomic E-state index is 0.0506. The summed E-state index contributed by atoms with van der Waals surface area (Å²) in [5.41, 5.74) is 2.11. The fourth-order valence-electron chi connectivity index (χ4n) is 4.42. The Morgan fingerprint density at radius 3 is 2.42 bits per heavy atom. The van der Waals surface area contributed by atoms with E-state index in [-0.39, 0.29) is 24.4 Å². The first kappa shape index (κ1) is 29.1. The number of rotatable bonds is 10. The summed E-state index contributed by atoms with van der Waals surface area (Å²) < 4.78 is 24.8. The summed E-state index contributed by atoms with van der Waals surface area (Å²) in [5.74, 6) is 1.35. The summed E-state index contributed by atoms with van der Waals surface area (Å²) in [6.45, 7) is 11.7. The number of allylic oxidation sites excluding steroid dienone is 1. The molecule has 2 heterocycles. The average molecular weight is 565 g/mol. The van der Waals surface area contributed by atoms with Crippen LogP contribution >= 0.6 is 11.3 Å². The predicted molar refractivity (Wildman–Crippen MR) is 156 cm³/mol. The lowest BCUT2D eigenvalue weighted by Crippen LogP contribution is -2.40. The van der Waals surface area contributed by atoms with Gasteiger partial charge in [-0.3, -0.25) is 9.36 Å². The molecule has 40 heavy (non-hydrogen) atoms. The molecule has 0 spiro atoms. The summed E-state index contributed by atoms with van der Waals surface area (Å²) in [6.07, 6.45) is 2.81. The number of carbonyl (C=O) groups excluding carboxylic acids is 1. The second kappa shape index (κ2) is 12.6. The standard InChI is InChI=1S/C31H36N2O6S/c1-8-19(5)39-23-13-10-21(11-14-23)16-26-29(34)33-28(22-12-15-24(38-18(3)4)25(17-22)36-7)27(30(35)37-9-2)20(6)32-31(33)40-26/h10-19,28H,8-9H2,1-7H3/b26-16-/t19-,28+/m0/s1. The maximum Gasteiger partial charge on any atom is 0.338 e. The van der Waals surface area contributed by atoms with E-state index in [9.17, 15) is 9.59 Å². The minimum atomic E-state index is -0.745. The van der Waals surface area contributed by atoms with Crippen LogP contribution < -0.4 is 29.1 Å². The first-order valence-electron chi connectivity index (χ1n) is 13.5. The monoisotopic (exact) mass is 564 g/mol. The highest BCUT2D eigenvalue weighted by molar-refractivity contribution is 7.07. The normalized spacial score (nSPS) is 15.9. The Labute approximate surface area is 238 Å². The number of methoxy groups -OCH3 is 1. The van der Waals surface area contributed by atoms with Crippen LogP contribution in [0.15, 0.2) is 63.5 Å². The molecule has 0 saturated heterocycles. The predicted octanol–water partition coefficient (Wildman–Crippen LogP) is 4.77. The van der Waals surface area contributed by atoms with Crippen LogP contribution in [0.2, 0.25) is 0 Å². The van der Waals surface area contributed by atoms with E-state index in [4.69, 9.17) is 18.9 Å². The van der Waals surface area contributed by atoms with Crippen LogP contribution in [0, 0.1) is 0 Å². The minimum Gasteiger partial charge on any atom is -0.493 e. The summed E-state index contributed by atoms with van der Waals surface area (Å²) in [6, 6.07) is 12.3. The fraction of sp³-hybridized carbons (Fsp3) is 0.387. The van der Waals surface area contributed by atoms with E-state index in [1.165, 1.54) is 11.3 Å². The van der Waals surface area contributed by atoms with Crippen molar-refractivity contribution in [2.75, 3.05) is 13.7 Å². The van der Waals surface area contributed by atoms with Crippen LogP contribution in [0.1, 0.15) is 65.1 Å². The fourth-order valence-corrected chi connectivity index (χ4v) is 5.47. The SMILES string of the molecule is CCOC(=O)C1=C(C)N=c2s/c(=C\c3ccc(O[C@@H](C)CC)cc3)c(=O)n2[C@@H]1c1ccc(OC(C)C)c(OC)c1. The van der Waals surface area contributed by atoms with Gasteiger partial charge in [-0.15, -0.1) is 0 Å². The van der Waals surface area contributed by atoms with Crippen LogP contribution in [0.3, 0.4) is 0 Å². The summed E-state index contributed by atoms with van der Waals surface area (Å²) in [4.78, 5) is 32.2. The van der Waals surface area contributed by atoms with Crippen molar-refractivity contribution in [3.63, 3.8) is 0 Å². The smallest absolute Gasteiger partial charge is 0.338 e. The molecule has 1 aromatic heterocycles. The van der Waals surface area contributed by atoms with Gasteiger partial charge in [0.2, 0.25) is 0 Å². The van der Waals surface area contributed by atoms with Gasteiger partial charge < -0.3 is 18.9 Å². The molecule has 3 aromatic rings. The molecule has 0 radical (unpaired) electrons. The second-order valence-corrected chi connectivity index (χ2v) is 10.8. The van der Waals surface area contributed by atoms with Crippen molar-refractivity contribution in [3.05, 3.63) is 84.5 Å². The number of nitrogens with zero attached hydrogens (tertiary/aromatic N) is 2. The third-order valence-corrected chi connectivity index (χ3v) is 7.46. The average Bonchev–Trinajstić information content (AvgIpc) is 3.22. The number of ether oxygens (including phenoxy) is 4. The van der Waals surface area contributed by atoms with Crippen molar-refractivity contribution in [3.8, 4) is 17.2 Å². The molecule has 0 fully saturated rings. The van der Waals surface area contributed by atoms with Crippen LogP contribution in [-0.4, -0.2) is 36.5 Å². The van der Waals surface area contributed by atoms with E-state index < -0.39 is 12.0 Å². The second-order valence-electron chi connectivity index (χ2n) is 9.78. The molecule has 1 aliphatic rings. The van der Waals surface area contributed by atoms with Crippen LogP contribution in [-0.2, 0) is 9.53 Å². The summed E-state index contributed by atoms with van der Waals surface area (Å²) in [5, 5.41) is 0. The number of benzene rings is 2. The molecule has 0 aliphatic carbocycles. The number of thiazole rings is 1. The quantitative estimate of drug-likeness (QED) is 0.330. The molecule has 0 N–H and O–H groups in total. The highest BCUT2D eigenvalue weighted by atomic mass is 32.1. The number of esters is 1. The lowest BCUT2D eigenvalue weighted by molar-refractivity contribution is -0.139. The number of carbonyl (C=O) groups is 1. The van der Waals surface area contributed by atoms with Crippen molar-refractivity contribution in [1.82, 2.24) is 4.57 Å². The molecule has 0 bridgehead atoms. The Kier molecular flexibility index (Phi) is 9.14. The van der Waals surface area contributed by atoms with Gasteiger partial charge in [-0.05, 0) is 82.5 Å². The highest BCUT2D eigenvalue weighted by Gasteiger charge is 2.34. The van der Waals surface area contributed by atoms with Gasteiger partial charge in [0, 0.05) is 0 Å². The molecule has 1 aliphatic heterocycles. The molecule has 0 saturated carbocycles. The molecule has 4 rings (SSSR count). The van der Waals surface area contributed by atoms with Gasteiger partial charge in [0.05, 0.1) is 47.8 Å². The zero-order chi connectivity index (χ0) is 29.0. The van der Waals surface area contributed by atoms with Crippen molar-refractivity contribution in [2.24, 2.45) is 4.99 Å². The van der Waals surface area contributed by atoms with E-state index in [0.717, 1.165) is 17.7 Å². The van der Waals surface area contributed by atoms with E-state index in [1.54, 1.807) is 37.7 Å². The maximum absolute atomic E-state index is 13.9. The molecule has 0 unspecified atom stereocenters. The van der Waals surface area contributed by atoms with Gasteiger partial charge in [-0.25, -0.2) is 9.79 Å². The van der Waals surface area contributed by atoms with E-state index in [2.05, 4.69) is 11.9 Å². The van der Waals surface area contributed by atoms with Gasteiger partial charge in [-0.1, -0.05) is 36.5 Å². The molecule has 9 heteroatoms. The topological polar surface area (TPSA) is 88.4 Å². The summed E-state index contributed by atoms with van der Waals surface area (Å²) >= 11 is 1.28. The third-order valence-electron chi connectivity index (χ3n) is 6.47. The molecule has 8 nitrogen and oxygen atoms in total. The Morgan fingerprint density at radius 1 is 1.07 bits per heavy atom. The van der Waals surface area contributed by atoms with Gasteiger partial charge >= 0.3 is 5.97 Å². The van der Waals surface area contributed by atoms with Gasteiger partial charge in [0.25, 0.3) is 5.56 Å². The zero-order valence-corrected chi connectivity index (χ0v) is 24.8. The Hall–Kier alpha value is -3.85. The zero-order valence-electron chi connectivity index (χ0n) is 24.0. The lowest BCUT2D eigenvalue weighted by Gasteiger charge is -2.25. The van der Waals surface area contributed by atoms with Crippen LogP contribution in [0.25, 0.3) is 6.08 Å². The first-order valence-corrected chi connectivity index (χ1v) is 14.3. The maximum atomic E-state index is 13.9.